The molecule has 8 rings (SSSR count). The molecule has 0 radical (unpaired) electrons. The molecule has 3 saturated heterocycles. The highest BCUT2D eigenvalue weighted by Crippen LogP contribution is 2.55. The zero-order valence-corrected chi connectivity index (χ0v) is 42.4. The Balaban J connectivity index is 0.759. The molecule has 3 aliphatic heterocycles. The van der Waals surface area contributed by atoms with Gasteiger partial charge in [0.1, 0.15) is 30.0 Å². The fourth-order valence-corrected chi connectivity index (χ4v) is 12.0. The van der Waals surface area contributed by atoms with Crippen LogP contribution < -0.4 is 20.7 Å². The van der Waals surface area contributed by atoms with Crippen molar-refractivity contribution in [3.05, 3.63) is 105 Å². The van der Waals surface area contributed by atoms with Gasteiger partial charge in [0.05, 0.1) is 58.6 Å². The second-order valence-corrected chi connectivity index (χ2v) is 21.8. The van der Waals surface area contributed by atoms with Crippen LogP contribution >= 0.6 is 22.9 Å². The van der Waals surface area contributed by atoms with Gasteiger partial charge in [0.2, 0.25) is 17.7 Å². The molecule has 1 aromatic heterocycles. The van der Waals surface area contributed by atoms with E-state index in [1.165, 1.54) is 4.90 Å². The van der Waals surface area contributed by atoms with Crippen molar-refractivity contribution in [2.45, 2.75) is 97.2 Å². The monoisotopic (exact) mass is 992 g/mol. The highest BCUT2D eigenvalue weighted by Gasteiger charge is 2.64. The van der Waals surface area contributed by atoms with E-state index in [9.17, 15) is 29.5 Å². The molecule has 1 aliphatic carbocycles. The van der Waals surface area contributed by atoms with Gasteiger partial charge >= 0.3 is 0 Å². The number of aryl methyl sites for hydroxylation is 2. The number of nitriles is 1. The summed E-state index contributed by atoms with van der Waals surface area (Å²) in [6.07, 6.45) is 0.868. The molecule has 4 amide bonds. The number of carbonyl (C=O) groups is 4. The molecule has 15 nitrogen and oxygen atoms in total. The Morgan fingerprint density at radius 3 is 2.27 bits per heavy atom. The number of nitrogens with zero attached hydrogens (tertiary/aromatic N) is 5. The van der Waals surface area contributed by atoms with Gasteiger partial charge in [-0.3, -0.25) is 24.1 Å². The van der Waals surface area contributed by atoms with Crippen molar-refractivity contribution in [2.24, 2.45) is 16.7 Å². The summed E-state index contributed by atoms with van der Waals surface area (Å²) in [5, 5.41) is 29.6. The number of hydrogen-bond donors (Lipinski definition) is 4. The van der Waals surface area contributed by atoms with Crippen molar-refractivity contribution < 1.29 is 33.8 Å². The van der Waals surface area contributed by atoms with Crippen LogP contribution in [0, 0.1) is 35.0 Å². The topological polar surface area (TPSA) is 189 Å². The van der Waals surface area contributed by atoms with E-state index in [0.29, 0.717) is 48.2 Å². The summed E-state index contributed by atoms with van der Waals surface area (Å²) < 4.78 is 11.8. The standard InChI is InChI=1S/C53H65ClN8O7S/c1-32(35-13-15-36(16-14-35)46-33(2)56-31-70-46)57-48(66)43-24-40(63)27-62(43)49(67)45(39-29-68-30-39)58-44(64)28-61-22-20-60(21-23-61)19-7-8-34-9-11-37(12-10-34)47(65)59-50-52(3,4)51(53(50,5)6)69-41-18-17-38(26-55)42(54)25-41/h9-18,25,31-32,39-40,43,45,50-51,63H,7-8,19-24,27-30H2,1-6H3,(H,57,66)(H,58,64)(H,59,65)/t32-,40+,43-,45+,50-,51-/m0/s1. The maximum absolute atomic E-state index is 14.2. The van der Waals surface area contributed by atoms with Crippen LogP contribution in [0.1, 0.15) is 86.2 Å². The fraction of sp³-hybridized carbons (Fsp3) is 0.509. The molecule has 372 valence electrons. The van der Waals surface area contributed by atoms with Crippen molar-refractivity contribution in [1.29, 1.82) is 5.26 Å². The smallest absolute Gasteiger partial charge is 0.251 e. The van der Waals surface area contributed by atoms with Gasteiger partial charge in [0.15, 0.2) is 0 Å². The molecule has 3 aromatic carbocycles. The number of aromatic nitrogens is 1. The Morgan fingerprint density at radius 2 is 1.66 bits per heavy atom. The van der Waals surface area contributed by atoms with Gasteiger partial charge in [-0.1, -0.05) is 75.7 Å². The van der Waals surface area contributed by atoms with Gasteiger partial charge < -0.3 is 40.3 Å². The largest absolute Gasteiger partial charge is 0.489 e. The summed E-state index contributed by atoms with van der Waals surface area (Å²) >= 11 is 7.84. The van der Waals surface area contributed by atoms with Crippen molar-refractivity contribution >= 4 is 46.6 Å². The second-order valence-electron chi connectivity index (χ2n) is 20.6. The third-order valence-corrected chi connectivity index (χ3v) is 16.1. The minimum atomic E-state index is -0.874. The molecular formula is C53H65ClN8O7S. The molecule has 4 atom stereocenters. The van der Waals surface area contributed by atoms with Crippen molar-refractivity contribution in [3.63, 3.8) is 0 Å². The van der Waals surface area contributed by atoms with E-state index in [2.05, 4.69) is 64.5 Å². The van der Waals surface area contributed by atoms with Gasteiger partial charge in [-0.25, -0.2) is 4.98 Å². The van der Waals surface area contributed by atoms with E-state index in [0.717, 1.165) is 59.7 Å². The summed E-state index contributed by atoms with van der Waals surface area (Å²) in [5.41, 5.74) is 6.17. The Morgan fingerprint density at radius 1 is 0.971 bits per heavy atom. The van der Waals surface area contributed by atoms with Crippen molar-refractivity contribution in [1.82, 2.24) is 35.6 Å². The quantitative estimate of drug-likeness (QED) is 0.101. The molecule has 0 bridgehead atoms. The lowest BCUT2D eigenvalue weighted by atomic mass is 9.49. The maximum Gasteiger partial charge on any atom is 0.251 e. The minimum absolute atomic E-state index is 0.00844. The highest BCUT2D eigenvalue weighted by atomic mass is 35.5. The number of aliphatic hydroxyl groups excluding tert-OH is 1. The lowest BCUT2D eigenvalue weighted by Gasteiger charge is -2.63. The molecule has 0 unspecified atom stereocenters. The van der Waals surface area contributed by atoms with Gasteiger partial charge in [-0.2, -0.15) is 5.26 Å². The molecule has 17 heteroatoms. The Hall–Kier alpha value is -5.41. The number of nitrogens with one attached hydrogen (secondary N) is 3. The summed E-state index contributed by atoms with van der Waals surface area (Å²) in [6.45, 7) is 17.0. The number of β-amino-alcohol motifs (C(OH)–C–C–N with tert-alkyl or cyclic N) is 1. The van der Waals surface area contributed by atoms with Crippen LogP contribution in [0.5, 0.6) is 5.75 Å². The normalized spacial score (nSPS) is 23.0. The summed E-state index contributed by atoms with van der Waals surface area (Å²) in [7, 11) is 0. The molecule has 70 heavy (non-hydrogen) atoms. The number of halogens is 1. The molecule has 4 aliphatic rings. The second kappa shape index (κ2) is 21.5. The average Bonchev–Trinajstić information content (AvgIpc) is 3.94. The van der Waals surface area contributed by atoms with E-state index in [4.69, 9.17) is 21.1 Å². The highest BCUT2D eigenvalue weighted by molar-refractivity contribution is 7.13. The Bertz CT molecular complexity index is 2550. The number of amides is 4. The van der Waals surface area contributed by atoms with Crippen LogP contribution in [-0.4, -0.2) is 138 Å². The van der Waals surface area contributed by atoms with E-state index < -0.39 is 18.2 Å². The SMILES string of the molecule is Cc1ncsc1-c1ccc([C@H](C)NC(=O)[C@@H]2C[C@@H](O)CN2C(=O)[C@H](NC(=O)CN2CCN(CCCc3ccc(C(=O)N[C@H]4C(C)(C)[C@H](Oc5ccc(C#N)c(Cl)c5)C4(C)C)cc3)CC2)C2COC2)cc1. The Labute approximate surface area is 419 Å². The zero-order chi connectivity index (χ0) is 49.9. The van der Waals surface area contributed by atoms with Crippen LogP contribution in [0.2, 0.25) is 5.02 Å². The van der Waals surface area contributed by atoms with E-state index in [1.807, 2.05) is 67.9 Å². The lowest BCUT2D eigenvalue weighted by Crippen LogP contribution is -2.74. The maximum atomic E-state index is 14.2. The van der Waals surface area contributed by atoms with Gasteiger partial charge in [-0.05, 0) is 74.2 Å². The number of likely N-dealkylation sites (tertiary alicyclic amines) is 1. The molecule has 4 heterocycles. The number of hydrogen-bond acceptors (Lipinski definition) is 12. The van der Waals surface area contributed by atoms with Crippen LogP contribution in [0.15, 0.2) is 72.2 Å². The molecule has 1 saturated carbocycles. The van der Waals surface area contributed by atoms with Crippen LogP contribution in [0.25, 0.3) is 10.4 Å². The molecule has 4 aromatic rings. The number of rotatable bonds is 17. The third kappa shape index (κ3) is 11.2. The number of aliphatic hydroxyl groups is 1. The molecule has 4 N–H and O–H groups in total. The van der Waals surface area contributed by atoms with E-state index in [-0.39, 0.29) is 78.1 Å². The van der Waals surface area contributed by atoms with Crippen molar-refractivity contribution in [2.75, 3.05) is 59.0 Å². The predicted molar refractivity (Wildman–Crippen MR) is 268 cm³/mol. The van der Waals surface area contributed by atoms with E-state index in [1.54, 1.807) is 29.5 Å². The Kier molecular flexibility index (Phi) is 15.7. The molecular weight excluding hydrogens is 928 g/mol. The van der Waals surface area contributed by atoms with Crippen LogP contribution in [-0.2, 0) is 25.5 Å². The number of carbonyl (C=O) groups excluding carboxylic acids is 4. The van der Waals surface area contributed by atoms with Crippen LogP contribution in [0.4, 0.5) is 0 Å². The first-order chi connectivity index (χ1) is 33.4. The van der Waals surface area contributed by atoms with Gasteiger partial charge in [0, 0.05) is 73.6 Å². The number of ether oxygens (including phenoxy) is 2. The number of thiazole rings is 1. The first kappa shape index (κ1) is 51.0. The van der Waals surface area contributed by atoms with Crippen LogP contribution in [0.3, 0.4) is 0 Å². The summed E-state index contributed by atoms with van der Waals surface area (Å²) in [6, 6.07) is 20.7. The first-order valence-corrected chi connectivity index (χ1v) is 25.6. The fourth-order valence-electron chi connectivity index (χ4n) is 10.9. The molecule has 0 spiro atoms. The van der Waals surface area contributed by atoms with Gasteiger partial charge in [0.25, 0.3) is 5.91 Å². The van der Waals surface area contributed by atoms with E-state index >= 15 is 0 Å². The zero-order valence-electron chi connectivity index (χ0n) is 40.9. The molecule has 4 fully saturated rings. The minimum Gasteiger partial charge on any atom is -0.489 e. The average molecular weight is 994 g/mol. The van der Waals surface area contributed by atoms with Crippen molar-refractivity contribution in [3.8, 4) is 22.3 Å². The predicted octanol–water partition coefficient (Wildman–Crippen LogP) is 5.78. The third-order valence-electron chi connectivity index (χ3n) is 14.8. The first-order valence-electron chi connectivity index (χ1n) is 24.3. The number of piperazine rings is 1. The van der Waals surface area contributed by atoms with Gasteiger partial charge in [-0.15, -0.1) is 11.3 Å². The summed E-state index contributed by atoms with van der Waals surface area (Å²) in [4.78, 5) is 66.3. The summed E-state index contributed by atoms with van der Waals surface area (Å²) in [5.74, 6) is -0.758. The number of benzene rings is 3. The lowest BCUT2D eigenvalue weighted by molar-refractivity contribution is -0.164.